The summed E-state index contributed by atoms with van der Waals surface area (Å²) in [5.74, 6) is 0.535. The number of nitrogens with two attached hydrogens (primary N) is 1. The van der Waals surface area contributed by atoms with Crippen molar-refractivity contribution >= 4 is 27.5 Å². The Bertz CT molecular complexity index is 998. The molecule has 1 unspecified atom stereocenters. The highest BCUT2D eigenvalue weighted by atomic mass is 32.1. The van der Waals surface area contributed by atoms with Crippen molar-refractivity contribution in [2.24, 2.45) is 10.7 Å². The predicted octanol–water partition coefficient (Wildman–Crippen LogP) is 0.472. The van der Waals surface area contributed by atoms with E-state index in [1.807, 2.05) is 18.7 Å². The summed E-state index contributed by atoms with van der Waals surface area (Å²) in [6.45, 7) is 7.44. The van der Waals surface area contributed by atoms with Gasteiger partial charge in [-0.3, -0.25) is 18.9 Å². The van der Waals surface area contributed by atoms with E-state index >= 15 is 0 Å². The Morgan fingerprint density at radius 1 is 1.35 bits per heavy atom. The number of fused-ring (bicyclic) bond motifs is 1. The van der Waals surface area contributed by atoms with E-state index in [1.165, 1.54) is 15.9 Å². The lowest BCUT2D eigenvalue weighted by Gasteiger charge is -2.27. The molecule has 2 aliphatic rings. The van der Waals surface area contributed by atoms with Gasteiger partial charge in [-0.2, -0.15) is 0 Å². The normalized spacial score (nSPS) is 19.8. The van der Waals surface area contributed by atoms with E-state index in [-0.39, 0.29) is 17.4 Å². The molecule has 140 valence electrons. The second-order valence-electron chi connectivity index (χ2n) is 6.72. The maximum absolute atomic E-state index is 12.9. The van der Waals surface area contributed by atoms with E-state index in [0.717, 1.165) is 34.8 Å². The van der Waals surface area contributed by atoms with Crippen molar-refractivity contribution in [3.8, 4) is 0 Å². The Kier molecular flexibility index (Phi) is 4.36. The molecule has 2 aromatic heterocycles. The van der Waals surface area contributed by atoms with E-state index in [1.54, 1.807) is 4.57 Å². The van der Waals surface area contributed by atoms with Gasteiger partial charge in [-0.25, -0.2) is 4.79 Å². The zero-order valence-corrected chi connectivity index (χ0v) is 15.8. The average Bonchev–Trinajstić information content (AvgIpc) is 3.11. The standard InChI is InChI=1S/C17H23N5O3S/c1-3-21-14(23)13-10(2)12(9-20-6-5-19-16(20)18)26-15(13)22(17(21)24)8-11-4-7-25-11/h11H,3-9H2,1-2H3,(H2,18,19). The number of aliphatic imine (C=N–C) groups is 1. The van der Waals surface area contributed by atoms with Crippen LogP contribution in [0.3, 0.4) is 0 Å². The number of nitrogens with zero attached hydrogens (tertiary/aromatic N) is 4. The van der Waals surface area contributed by atoms with E-state index < -0.39 is 0 Å². The van der Waals surface area contributed by atoms with Crippen molar-refractivity contribution in [2.45, 2.75) is 46.0 Å². The lowest BCUT2D eigenvalue weighted by molar-refractivity contribution is -0.0593. The number of aromatic nitrogens is 2. The number of guanidine groups is 1. The van der Waals surface area contributed by atoms with Crippen molar-refractivity contribution in [2.75, 3.05) is 19.7 Å². The van der Waals surface area contributed by atoms with E-state index in [0.29, 0.717) is 37.5 Å². The fourth-order valence-corrected chi connectivity index (χ4v) is 4.81. The predicted molar refractivity (Wildman–Crippen MR) is 102 cm³/mol. The zero-order valence-electron chi connectivity index (χ0n) is 15.0. The first-order chi connectivity index (χ1) is 12.5. The number of ether oxygens (including phenoxy) is 1. The quantitative estimate of drug-likeness (QED) is 0.817. The molecule has 1 atom stereocenters. The van der Waals surface area contributed by atoms with Crippen LogP contribution in [0.15, 0.2) is 14.6 Å². The molecule has 0 spiro atoms. The second kappa shape index (κ2) is 6.55. The molecular formula is C17H23N5O3S. The highest BCUT2D eigenvalue weighted by molar-refractivity contribution is 7.18. The molecule has 0 amide bonds. The summed E-state index contributed by atoms with van der Waals surface area (Å²) < 4.78 is 8.55. The third kappa shape index (κ3) is 2.66. The third-order valence-corrected chi connectivity index (χ3v) is 6.49. The molecule has 9 heteroatoms. The van der Waals surface area contributed by atoms with Crippen LogP contribution in [0.2, 0.25) is 0 Å². The van der Waals surface area contributed by atoms with Crippen LogP contribution >= 0.6 is 11.3 Å². The van der Waals surface area contributed by atoms with Crippen LogP contribution in [0.1, 0.15) is 23.8 Å². The summed E-state index contributed by atoms with van der Waals surface area (Å²) in [6, 6.07) is 0. The summed E-state index contributed by atoms with van der Waals surface area (Å²) >= 11 is 1.51. The maximum atomic E-state index is 12.9. The van der Waals surface area contributed by atoms with Gasteiger partial charge in [0.05, 0.1) is 31.1 Å². The second-order valence-corrected chi connectivity index (χ2v) is 7.80. The van der Waals surface area contributed by atoms with Gasteiger partial charge < -0.3 is 15.4 Å². The summed E-state index contributed by atoms with van der Waals surface area (Å²) in [6.07, 6.45) is 0.989. The number of thiophene rings is 1. The Hall–Kier alpha value is -2.13. The summed E-state index contributed by atoms with van der Waals surface area (Å²) in [5, 5.41) is 0.639. The lowest BCUT2D eigenvalue weighted by Crippen LogP contribution is -2.43. The van der Waals surface area contributed by atoms with Crippen LogP contribution in [-0.4, -0.2) is 45.8 Å². The molecule has 4 rings (SSSR count). The van der Waals surface area contributed by atoms with Gasteiger partial charge in [0.15, 0.2) is 5.96 Å². The molecule has 0 radical (unpaired) electrons. The molecule has 2 aliphatic heterocycles. The molecule has 26 heavy (non-hydrogen) atoms. The van der Waals surface area contributed by atoms with Crippen molar-refractivity contribution in [1.29, 1.82) is 0 Å². The SMILES string of the molecule is CCn1c(=O)c2c(C)c(CN3CCN=C3N)sc2n(CC2CCO2)c1=O. The highest BCUT2D eigenvalue weighted by Gasteiger charge is 2.25. The molecule has 0 aromatic carbocycles. The van der Waals surface area contributed by atoms with Gasteiger partial charge in [-0.1, -0.05) is 0 Å². The van der Waals surface area contributed by atoms with Gasteiger partial charge in [0.1, 0.15) is 4.83 Å². The van der Waals surface area contributed by atoms with Crippen LogP contribution in [0, 0.1) is 6.92 Å². The monoisotopic (exact) mass is 377 g/mol. The van der Waals surface area contributed by atoms with E-state index in [2.05, 4.69) is 4.99 Å². The van der Waals surface area contributed by atoms with E-state index in [4.69, 9.17) is 10.5 Å². The molecule has 1 saturated heterocycles. The molecule has 4 heterocycles. The van der Waals surface area contributed by atoms with Crippen molar-refractivity contribution in [3.63, 3.8) is 0 Å². The van der Waals surface area contributed by atoms with Gasteiger partial charge in [0.2, 0.25) is 0 Å². The first-order valence-corrected chi connectivity index (χ1v) is 9.75. The van der Waals surface area contributed by atoms with Crippen molar-refractivity contribution in [3.05, 3.63) is 31.3 Å². The Labute approximate surface area is 154 Å². The average molecular weight is 377 g/mol. The van der Waals surface area contributed by atoms with Crippen molar-refractivity contribution in [1.82, 2.24) is 14.0 Å². The van der Waals surface area contributed by atoms with Crippen LogP contribution in [0.25, 0.3) is 10.2 Å². The van der Waals surface area contributed by atoms with Gasteiger partial charge in [0, 0.05) is 24.6 Å². The topological polar surface area (TPSA) is 94.9 Å². The molecule has 0 saturated carbocycles. The molecular weight excluding hydrogens is 354 g/mol. The summed E-state index contributed by atoms with van der Waals surface area (Å²) in [7, 11) is 0. The van der Waals surface area contributed by atoms with Gasteiger partial charge in [-0.15, -0.1) is 11.3 Å². The minimum Gasteiger partial charge on any atom is -0.376 e. The number of hydrogen-bond donors (Lipinski definition) is 1. The Morgan fingerprint density at radius 3 is 2.69 bits per heavy atom. The van der Waals surface area contributed by atoms with Crippen molar-refractivity contribution < 1.29 is 4.74 Å². The summed E-state index contributed by atoms with van der Waals surface area (Å²) in [4.78, 5) is 33.8. The largest absolute Gasteiger partial charge is 0.376 e. The smallest absolute Gasteiger partial charge is 0.332 e. The summed E-state index contributed by atoms with van der Waals surface area (Å²) in [5.41, 5.74) is 6.40. The maximum Gasteiger partial charge on any atom is 0.332 e. The Balaban J connectivity index is 1.86. The van der Waals surface area contributed by atoms with E-state index in [9.17, 15) is 9.59 Å². The number of hydrogen-bond acceptors (Lipinski definition) is 7. The fourth-order valence-electron chi connectivity index (χ4n) is 3.50. The van der Waals surface area contributed by atoms with Gasteiger partial charge >= 0.3 is 5.69 Å². The van der Waals surface area contributed by atoms with Gasteiger partial charge in [0.25, 0.3) is 5.56 Å². The van der Waals surface area contributed by atoms with Gasteiger partial charge in [-0.05, 0) is 25.8 Å². The van der Waals surface area contributed by atoms with Crippen LogP contribution < -0.4 is 17.0 Å². The molecule has 2 N–H and O–H groups in total. The molecule has 0 bridgehead atoms. The zero-order chi connectivity index (χ0) is 18.4. The first kappa shape index (κ1) is 17.3. The minimum absolute atomic E-state index is 0.0472. The number of aryl methyl sites for hydroxylation is 1. The Morgan fingerprint density at radius 2 is 2.12 bits per heavy atom. The molecule has 1 fully saturated rings. The lowest BCUT2D eigenvalue weighted by atomic mass is 10.2. The van der Waals surface area contributed by atoms with Crippen LogP contribution in [0.5, 0.6) is 0 Å². The van der Waals surface area contributed by atoms with Crippen LogP contribution in [-0.2, 0) is 24.4 Å². The molecule has 8 nitrogen and oxygen atoms in total. The molecule has 0 aliphatic carbocycles. The third-order valence-electron chi connectivity index (χ3n) is 5.19. The van der Waals surface area contributed by atoms with Crippen LogP contribution in [0.4, 0.5) is 0 Å². The number of rotatable bonds is 5. The molecule has 2 aromatic rings. The first-order valence-electron chi connectivity index (χ1n) is 8.93. The minimum atomic E-state index is -0.254. The fraction of sp³-hybridized carbons (Fsp3) is 0.588. The highest BCUT2D eigenvalue weighted by Crippen LogP contribution is 2.30.